The summed E-state index contributed by atoms with van der Waals surface area (Å²) in [6.45, 7) is 0. The second kappa shape index (κ2) is 6.39. The third-order valence-corrected chi connectivity index (χ3v) is 4.05. The van der Waals surface area contributed by atoms with Crippen molar-refractivity contribution in [3.05, 3.63) is 42.0 Å². The van der Waals surface area contributed by atoms with Gasteiger partial charge in [-0.05, 0) is 44.0 Å². The fourth-order valence-corrected chi connectivity index (χ4v) is 2.89. The van der Waals surface area contributed by atoms with Crippen LogP contribution < -0.4 is 10.1 Å². The number of nitrogens with one attached hydrogen (secondary N) is 1. The Morgan fingerprint density at radius 3 is 2.45 bits per heavy atom. The van der Waals surface area contributed by atoms with Crippen molar-refractivity contribution in [3.8, 4) is 5.75 Å². The minimum Gasteiger partial charge on any atom is -0.497 e. The van der Waals surface area contributed by atoms with Crippen molar-refractivity contribution in [3.63, 3.8) is 0 Å². The molecule has 3 N–H and O–H groups in total. The highest BCUT2D eigenvalue weighted by Gasteiger charge is 2.41. The Balaban J connectivity index is 2.33. The number of rotatable bonds is 5. The molecule has 1 aromatic rings. The topological polar surface area (TPSA) is 61.7 Å². The predicted molar refractivity (Wildman–Crippen MR) is 78.7 cm³/mol. The molecule has 0 saturated heterocycles. The van der Waals surface area contributed by atoms with Crippen molar-refractivity contribution in [1.82, 2.24) is 5.32 Å². The minimum atomic E-state index is -0.925. The van der Waals surface area contributed by atoms with Crippen LogP contribution >= 0.6 is 0 Å². The molecular weight excluding hydrogens is 254 g/mol. The lowest BCUT2D eigenvalue weighted by Crippen LogP contribution is -2.47. The maximum absolute atomic E-state index is 10.9. The van der Waals surface area contributed by atoms with Crippen LogP contribution in [-0.2, 0) is 0 Å². The summed E-state index contributed by atoms with van der Waals surface area (Å²) in [7, 11) is 3.32. The van der Waals surface area contributed by atoms with E-state index in [0.717, 1.165) is 17.7 Å². The standard InChI is InChI=1S/C16H23NO3/c1-17-15(18)14(16(19)10-4-3-5-11-16)12-6-8-13(20-2)9-7-12/h3-4,6-9,14-15,17-19H,5,10-11H2,1-2H3. The molecule has 4 heteroatoms. The maximum Gasteiger partial charge on any atom is 0.118 e. The van der Waals surface area contributed by atoms with E-state index in [2.05, 4.69) is 11.4 Å². The Hall–Kier alpha value is -1.36. The first kappa shape index (κ1) is 15.0. The van der Waals surface area contributed by atoms with Crippen LogP contribution in [-0.4, -0.2) is 36.2 Å². The zero-order chi connectivity index (χ0) is 14.6. The number of methoxy groups -OCH3 is 1. The van der Waals surface area contributed by atoms with Crippen molar-refractivity contribution >= 4 is 0 Å². The molecule has 1 aromatic carbocycles. The lowest BCUT2D eigenvalue weighted by Gasteiger charge is -2.40. The molecule has 1 aliphatic carbocycles. The van der Waals surface area contributed by atoms with Gasteiger partial charge in [-0.2, -0.15) is 0 Å². The van der Waals surface area contributed by atoms with Gasteiger partial charge in [0.1, 0.15) is 12.0 Å². The van der Waals surface area contributed by atoms with Gasteiger partial charge >= 0.3 is 0 Å². The number of allylic oxidation sites excluding steroid dienone is 1. The van der Waals surface area contributed by atoms with E-state index in [1.165, 1.54) is 0 Å². The van der Waals surface area contributed by atoms with Gasteiger partial charge in [-0.1, -0.05) is 24.3 Å². The van der Waals surface area contributed by atoms with Crippen molar-refractivity contribution in [2.75, 3.05) is 14.2 Å². The Morgan fingerprint density at radius 2 is 1.95 bits per heavy atom. The van der Waals surface area contributed by atoms with Crippen molar-refractivity contribution in [1.29, 1.82) is 0 Å². The molecule has 110 valence electrons. The van der Waals surface area contributed by atoms with Gasteiger partial charge in [0.2, 0.25) is 0 Å². The molecule has 1 aliphatic rings. The number of aliphatic hydroxyl groups excluding tert-OH is 1. The summed E-state index contributed by atoms with van der Waals surface area (Å²) in [4.78, 5) is 0. The molecular formula is C16H23NO3. The van der Waals surface area contributed by atoms with E-state index in [9.17, 15) is 10.2 Å². The summed E-state index contributed by atoms with van der Waals surface area (Å²) in [6, 6.07) is 7.51. The first-order chi connectivity index (χ1) is 9.60. The van der Waals surface area contributed by atoms with Crippen molar-refractivity contribution in [2.24, 2.45) is 0 Å². The fourth-order valence-electron chi connectivity index (χ4n) is 2.89. The van der Waals surface area contributed by atoms with Gasteiger partial charge in [0.15, 0.2) is 0 Å². The van der Waals surface area contributed by atoms with Crippen LogP contribution in [0.2, 0.25) is 0 Å². The minimum absolute atomic E-state index is 0.372. The van der Waals surface area contributed by atoms with Gasteiger partial charge in [-0.25, -0.2) is 0 Å². The van der Waals surface area contributed by atoms with Crippen LogP contribution in [0.15, 0.2) is 36.4 Å². The summed E-state index contributed by atoms with van der Waals surface area (Å²) in [5.74, 6) is 0.394. The normalized spacial score (nSPS) is 25.2. The molecule has 0 spiro atoms. The van der Waals surface area contributed by atoms with Gasteiger partial charge in [-0.3, -0.25) is 5.32 Å². The lowest BCUT2D eigenvalue weighted by atomic mass is 9.74. The molecule has 20 heavy (non-hydrogen) atoms. The molecule has 3 unspecified atom stereocenters. The molecule has 4 nitrogen and oxygen atoms in total. The number of hydrogen-bond donors (Lipinski definition) is 3. The van der Waals surface area contributed by atoms with Crippen LogP contribution in [0.4, 0.5) is 0 Å². The maximum atomic E-state index is 10.9. The Kier molecular flexibility index (Phi) is 4.81. The number of hydrogen-bond acceptors (Lipinski definition) is 4. The SMILES string of the molecule is CNC(O)C(c1ccc(OC)cc1)C1(O)CC=CCC1. The van der Waals surface area contributed by atoms with Crippen LogP contribution in [0.25, 0.3) is 0 Å². The zero-order valence-corrected chi connectivity index (χ0v) is 12.0. The molecule has 2 rings (SSSR count). The molecule has 0 fully saturated rings. The lowest BCUT2D eigenvalue weighted by molar-refractivity contribution is -0.0490. The summed E-state index contributed by atoms with van der Waals surface area (Å²) in [6.07, 6.45) is 5.31. The Labute approximate surface area is 120 Å². The summed E-state index contributed by atoms with van der Waals surface area (Å²) in [5.41, 5.74) is -0.0170. The summed E-state index contributed by atoms with van der Waals surface area (Å²) in [5, 5.41) is 24.1. The summed E-state index contributed by atoms with van der Waals surface area (Å²) < 4.78 is 5.15. The fraction of sp³-hybridized carbons (Fsp3) is 0.500. The first-order valence-corrected chi connectivity index (χ1v) is 6.97. The second-order valence-electron chi connectivity index (χ2n) is 5.30. The average Bonchev–Trinajstić information content (AvgIpc) is 2.48. The molecule has 3 atom stereocenters. The summed E-state index contributed by atoms with van der Waals surface area (Å²) >= 11 is 0. The average molecular weight is 277 g/mol. The van der Waals surface area contributed by atoms with E-state index in [1.54, 1.807) is 14.2 Å². The highest BCUT2D eigenvalue weighted by Crippen LogP contribution is 2.39. The molecule has 0 amide bonds. The highest BCUT2D eigenvalue weighted by molar-refractivity contribution is 5.32. The Bertz CT molecular complexity index is 457. The van der Waals surface area contributed by atoms with E-state index in [-0.39, 0.29) is 5.92 Å². The second-order valence-corrected chi connectivity index (χ2v) is 5.30. The molecule has 0 radical (unpaired) electrons. The molecule has 0 saturated carbocycles. The van der Waals surface area contributed by atoms with E-state index in [4.69, 9.17) is 4.74 Å². The third-order valence-electron chi connectivity index (χ3n) is 4.05. The number of benzene rings is 1. The van der Waals surface area contributed by atoms with Crippen molar-refractivity contribution < 1.29 is 14.9 Å². The van der Waals surface area contributed by atoms with E-state index in [0.29, 0.717) is 12.8 Å². The van der Waals surface area contributed by atoms with Gasteiger partial charge in [0.05, 0.1) is 18.6 Å². The van der Waals surface area contributed by atoms with Crippen LogP contribution in [0.5, 0.6) is 5.75 Å². The highest BCUT2D eigenvalue weighted by atomic mass is 16.5. The number of aliphatic hydroxyl groups is 2. The van der Waals surface area contributed by atoms with E-state index in [1.807, 2.05) is 30.3 Å². The molecule has 0 bridgehead atoms. The van der Waals surface area contributed by atoms with Crippen molar-refractivity contribution in [2.45, 2.75) is 37.0 Å². The number of ether oxygens (including phenoxy) is 1. The van der Waals surface area contributed by atoms with Gasteiger partial charge in [0.25, 0.3) is 0 Å². The monoisotopic (exact) mass is 277 g/mol. The third kappa shape index (κ3) is 3.03. The number of likely N-dealkylation sites (N-methyl/N-ethyl adjacent to an activating group) is 1. The largest absolute Gasteiger partial charge is 0.497 e. The van der Waals surface area contributed by atoms with Crippen LogP contribution in [0, 0.1) is 0 Å². The Morgan fingerprint density at radius 1 is 1.25 bits per heavy atom. The van der Waals surface area contributed by atoms with Crippen LogP contribution in [0.1, 0.15) is 30.7 Å². The van der Waals surface area contributed by atoms with E-state index < -0.39 is 11.8 Å². The quantitative estimate of drug-likeness (QED) is 0.567. The molecule has 0 aliphatic heterocycles. The van der Waals surface area contributed by atoms with Gasteiger partial charge in [-0.15, -0.1) is 0 Å². The molecule has 0 heterocycles. The predicted octanol–water partition coefficient (Wildman–Crippen LogP) is 1.79. The smallest absolute Gasteiger partial charge is 0.118 e. The van der Waals surface area contributed by atoms with Crippen LogP contribution in [0.3, 0.4) is 0 Å². The molecule has 0 aromatic heterocycles. The van der Waals surface area contributed by atoms with Gasteiger partial charge < -0.3 is 14.9 Å². The first-order valence-electron chi connectivity index (χ1n) is 6.97. The zero-order valence-electron chi connectivity index (χ0n) is 12.0. The van der Waals surface area contributed by atoms with Gasteiger partial charge in [0, 0.05) is 0 Å². The van der Waals surface area contributed by atoms with E-state index >= 15 is 0 Å².